The van der Waals surface area contributed by atoms with E-state index < -0.39 is 12.0 Å². The number of nitrogens with zero attached hydrogens (tertiary/aromatic N) is 3. The van der Waals surface area contributed by atoms with Gasteiger partial charge in [-0.3, -0.25) is 9.89 Å². The molecule has 10 heteroatoms. The summed E-state index contributed by atoms with van der Waals surface area (Å²) < 4.78 is 19.9. The number of hydrogen-bond donors (Lipinski definition) is 2. The van der Waals surface area contributed by atoms with Crippen molar-refractivity contribution in [2.75, 3.05) is 39.3 Å². The molecule has 7 nitrogen and oxygen atoms in total. The maximum absolute atomic E-state index is 13.9. The molecule has 34 heavy (non-hydrogen) atoms. The summed E-state index contributed by atoms with van der Waals surface area (Å²) in [5, 5.41) is 9.54. The van der Waals surface area contributed by atoms with Crippen LogP contribution in [-0.2, 0) is 9.53 Å². The second-order valence-corrected chi connectivity index (χ2v) is 10.8. The first kappa shape index (κ1) is 23.6. The molecule has 3 aliphatic rings. The largest absolute Gasteiger partial charge is 0.463 e. The number of aliphatic imine (C=N–C) groups is 1. The summed E-state index contributed by atoms with van der Waals surface area (Å²) in [4.78, 5) is 25.0. The highest BCUT2D eigenvalue weighted by Gasteiger charge is 2.41. The molecule has 1 aromatic heterocycles. The maximum Gasteiger partial charge on any atom is 0.338 e. The van der Waals surface area contributed by atoms with Crippen molar-refractivity contribution in [2.45, 2.75) is 25.8 Å². The molecule has 1 aromatic carbocycles. The minimum atomic E-state index is -0.645. The molecule has 2 atom stereocenters. The van der Waals surface area contributed by atoms with E-state index >= 15 is 0 Å². The standard InChI is InChI=1S/C24H27BrFN5O2S/c1-2-33-23(32)19-18(12-31-9-6-24(14-31)5-7-27-13-24)29-21(22-28-8-10-34-22)30-20(19)16-4-3-15(26)11-17(16)25/h3-4,8,10-11,20,27H,2,5-7,9,12-14H2,1H3,(H,29,30). The van der Waals surface area contributed by atoms with Crippen LogP contribution in [0.3, 0.4) is 0 Å². The number of nitrogens with one attached hydrogen (secondary N) is 2. The number of ether oxygens (including phenoxy) is 1. The van der Waals surface area contributed by atoms with Gasteiger partial charge in [-0.15, -0.1) is 11.3 Å². The van der Waals surface area contributed by atoms with Crippen molar-refractivity contribution < 1.29 is 13.9 Å². The summed E-state index contributed by atoms with van der Waals surface area (Å²) in [5.41, 5.74) is 2.24. The van der Waals surface area contributed by atoms with Crippen LogP contribution >= 0.6 is 27.3 Å². The first-order chi connectivity index (χ1) is 16.5. The first-order valence-electron chi connectivity index (χ1n) is 11.5. The number of likely N-dealkylation sites (tertiary alicyclic amines) is 1. The van der Waals surface area contributed by atoms with Crippen LogP contribution in [0.4, 0.5) is 4.39 Å². The minimum absolute atomic E-state index is 0.258. The van der Waals surface area contributed by atoms with Crippen LogP contribution in [0.15, 0.2) is 50.5 Å². The molecule has 0 bridgehead atoms. The van der Waals surface area contributed by atoms with Crippen molar-refractivity contribution in [3.8, 4) is 0 Å². The van der Waals surface area contributed by atoms with E-state index in [9.17, 15) is 9.18 Å². The van der Waals surface area contributed by atoms with E-state index in [1.165, 1.54) is 29.9 Å². The number of halogens is 2. The molecule has 2 fully saturated rings. The Morgan fingerprint density at radius 1 is 1.41 bits per heavy atom. The summed E-state index contributed by atoms with van der Waals surface area (Å²) in [7, 11) is 0. The van der Waals surface area contributed by atoms with Crippen LogP contribution in [0.2, 0.25) is 0 Å². The molecule has 1 spiro atoms. The van der Waals surface area contributed by atoms with Crippen LogP contribution in [0, 0.1) is 11.2 Å². The molecular weight excluding hydrogens is 521 g/mol. The van der Waals surface area contributed by atoms with Crippen LogP contribution in [0.1, 0.15) is 36.4 Å². The third-order valence-corrected chi connectivity index (χ3v) is 8.21. The third kappa shape index (κ3) is 4.68. The number of thiazole rings is 1. The van der Waals surface area contributed by atoms with E-state index in [1.54, 1.807) is 19.2 Å². The highest BCUT2D eigenvalue weighted by atomic mass is 79.9. The zero-order chi connectivity index (χ0) is 23.7. The smallest absolute Gasteiger partial charge is 0.338 e. The predicted molar refractivity (Wildman–Crippen MR) is 133 cm³/mol. The lowest BCUT2D eigenvalue weighted by atomic mass is 9.86. The van der Waals surface area contributed by atoms with Crippen LogP contribution in [0.5, 0.6) is 0 Å². The minimum Gasteiger partial charge on any atom is -0.463 e. The van der Waals surface area contributed by atoms with Crippen molar-refractivity contribution in [1.82, 2.24) is 20.5 Å². The molecular formula is C24H27BrFN5O2S. The number of amidine groups is 1. The van der Waals surface area contributed by atoms with Gasteiger partial charge in [0.15, 0.2) is 10.8 Å². The van der Waals surface area contributed by atoms with Gasteiger partial charge in [-0.2, -0.15) is 0 Å². The Balaban J connectivity index is 1.55. The second-order valence-electron chi connectivity index (χ2n) is 9.01. The van der Waals surface area contributed by atoms with Crippen molar-refractivity contribution in [3.05, 3.63) is 61.9 Å². The van der Waals surface area contributed by atoms with E-state index in [4.69, 9.17) is 9.73 Å². The Bertz CT molecular complexity index is 1130. The SMILES string of the molecule is CCOC(=O)C1=C(CN2CCC3(CCNC3)C2)NC(c2nccs2)=NC1c1ccc(F)cc1Br. The van der Waals surface area contributed by atoms with Crippen LogP contribution < -0.4 is 10.6 Å². The number of carbonyl (C=O) groups excluding carboxylic acids is 1. The number of aromatic nitrogens is 1. The Morgan fingerprint density at radius 2 is 2.29 bits per heavy atom. The van der Waals surface area contributed by atoms with Gasteiger partial charge < -0.3 is 15.4 Å². The normalized spacial score (nSPS) is 25.0. The van der Waals surface area contributed by atoms with Gasteiger partial charge in [0.25, 0.3) is 0 Å². The van der Waals surface area contributed by atoms with Gasteiger partial charge in [0, 0.05) is 41.4 Å². The monoisotopic (exact) mass is 547 g/mol. The van der Waals surface area contributed by atoms with Gasteiger partial charge >= 0.3 is 5.97 Å². The summed E-state index contributed by atoms with van der Waals surface area (Å²) in [5.74, 6) is -0.163. The van der Waals surface area contributed by atoms with E-state index in [2.05, 4.69) is 36.4 Å². The number of esters is 1. The number of hydrogen-bond acceptors (Lipinski definition) is 8. The molecule has 2 aromatic rings. The predicted octanol–water partition coefficient (Wildman–Crippen LogP) is 3.64. The molecule has 2 N–H and O–H groups in total. The lowest BCUT2D eigenvalue weighted by molar-refractivity contribution is -0.139. The molecule has 4 heterocycles. The molecule has 0 radical (unpaired) electrons. The molecule has 180 valence electrons. The van der Waals surface area contributed by atoms with Crippen molar-refractivity contribution in [1.29, 1.82) is 0 Å². The molecule has 0 amide bonds. The second kappa shape index (κ2) is 9.85. The van der Waals surface area contributed by atoms with Crippen molar-refractivity contribution >= 4 is 39.1 Å². The van der Waals surface area contributed by atoms with Crippen molar-refractivity contribution in [3.63, 3.8) is 0 Å². The Labute approximate surface area is 210 Å². The lowest BCUT2D eigenvalue weighted by Gasteiger charge is -2.30. The Morgan fingerprint density at radius 3 is 3.00 bits per heavy atom. The van der Waals surface area contributed by atoms with Gasteiger partial charge in [0.2, 0.25) is 0 Å². The Kier molecular flexibility index (Phi) is 6.83. The van der Waals surface area contributed by atoms with E-state index in [0.717, 1.165) is 43.3 Å². The van der Waals surface area contributed by atoms with Gasteiger partial charge in [-0.25, -0.2) is 14.2 Å². The Hall–Kier alpha value is -2.14. The fraction of sp³-hybridized carbons (Fsp3) is 0.458. The molecule has 3 aliphatic heterocycles. The summed E-state index contributed by atoms with van der Waals surface area (Å²) in [6.45, 7) is 6.68. The third-order valence-electron chi connectivity index (χ3n) is 6.74. The zero-order valence-electron chi connectivity index (χ0n) is 18.9. The quantitative estimate of drug-likeness (QED) is 0.537. The van der Waals surface area contributed by atoms with Gasteiger partial charge in [0.1, 0.15) is 11.9 Å². The topological polar surface area (TPSA) is 78.9 Å². The molecule has 2 saturated heterocycles. The van der Waals surface area contributed by atoms with E-state index in [-0.39, 0.29) is 12.4 Å². The zero-order valence-corrected chi connectivity index (χ0v) is 21.3. The van der Waals surface area contributed by atoms with E-state index in [1.807, 2.05) is 5.38 Å². The fourth-order valence-electron chi connectivity index (χ4n) is 5.10. The molecule has 5 rings (SSSR count). The first-order valence-corrected chi connectivity index (χ1v) is 13.2. The van der Waals surface area contributed by atoms with Crippen LogP contribution in [0.25, 0.3) is 0 Å². The van der Waals surface area contributed by atoms with Crippen molar-refractivity contribution in [2.24, 2.45) is 10.4 Å². The average Bonchev–Trinajstić information content (AvgIpc) is 3.57. The lowest BCUT2D eigenvalue weighted by Crippen LogP contribution is -2.40. The molecule has 2 unspecified atom stereocenters. The van der Waals surface area contributed by atoms with Gasteiger partial charge in [0.05, 0.1) is 12.2 Å². The number of benzene rings is 1. The number of rotatable bonds is 6. The highest BCUT2D eigenvalue weighted by Crippen LogP contribution is 2.39. The molecule has 0 saturated carbocycles. The number of carbonyl (C=O) groups is 1. The molecule has 0 aliphatic carbocycles. The maximum atomic E-state index is 13.9. The summed E-state index contributed by atoms with van der Waals surface area (Å²) >= 11 is 4.96. The highest BCUT2D eigenvalue weighted by molar-refractivity contribution is 9.10. The summed E-state index contributed by atoms with van der Waals surface area (Å²) in [6.07, 6.45) is 4.05. The average molecular weight is 548 g/mol. The summed E-state index contributed by atoms with van der Waals surface area (Å²) in [6, 6.07) is 3.81. The van der Waals surface area contributed by atoms with Gasteiger partial charge in [-0.05, 0) is 56.0 Å². The van der Waals surface area contributed by atoms with E-state index in [0.29, 0.717) is 33.4 Å². The van der Waals surface area contributed by atoms with Gasteiger partial charge in [-0.1, -0.05) is 22.0 Å². The van der Waals surface area contributed by atoms with Crippen LogP contribution in [-0.4, -0.2) is 61.0 Å². The fourth-order valence-corrected chi connectivity index (χ4v) is 6.25.